The van der Waals surface area contributed by atoms with Gasteiger partial charge in [0.1, 0.15) is 0 Å². The monoisotopic (exact) mass is 277 g/mol. The molecule has 0 bridgehead atoms. The molecule has 6 heteroatoms. The summed E-state index contributed by atoms with van der Waals surface area (Å²) in [4.78, 5) is 0. The molecule has 3 rings (SSSR count). The summed E-state index contributed by atoms with van der Waals surface area (Å²) in [5, 5.41) is 6.37. The van der Waals surface area contributed by atoms with Crippen LogP contribution in [0.5, 0.6) is 0 Å². The van der Waals surface area contributed by atoms with Crippen molar-refractivity contribution in [1.82, 2.24) is 16.0 Å². The minimum atomic E-state index is -2.93. The number of morpholine rings is 3. The van der Waals surface area contributed by atoms with Gasteiger partial charge in [-0.1, -0.05) is 0 Å². The van der Waals surface area contributed by atoms with Crippen LogP contribution in [0.25, 0.3) is 0 Å². The average molecular weight is 277 g/mol. The summed E-state index contributed by atoms with van der Waals surface area (Å²) in [6.45, 7) is -18.7. The van der Waals surface area contributed by atoms with Crippen LogP contribution in [0.1, 0.15) is 21.9 Å². The van der Waals surface area contributed by atoms with Crippen LogP contribution < -0.4 is 16.0 Å². The van der Waals surface area contributed by atoms with E-state index >= 15 is 0 Å². The van der Waals surface area contributed by atoms with Crippen molar-refractivity contribution in [2.75, 3.05) is 78.5 Å². The van der Waals surface area contributed by atoms with E-state index in [9.17, 15) is 0 Å². The molecule has 0 radical (unpaired) electrons. The van der Waals surface area contributed by atoms with Crippen molar-refractivity contribution in [3.8, 4) is 0 Å². The van der Waals surface area contributed by atoms with Gasteiger partial charge in [-0.2, -0.15) is 0 Å². The first-order valence-electron chi connectivity index (χ1n) is 13.0. The first-order chi connectivity index (χ1) is 14.7. The molecule has 108 valence electrons. The van der Waals surface area contributed by atoms with E-state index in [2.05, 4.69) is 24.8 Å². The lowest BCUT2D eigenvalue weighted by atomic mass is 10.5. The smallest absolute Gasteiger partial charge is 0.0591 e. The van der Waals surface area contributed by atoms with Crippen molar-refractivity contribution in [2.45, 2.75) is 0 Å². The molecule has 3 aliphatic heterocycles. The molecular formula is C12H27N3O3. The van der Waals surface area contributed by atoms with E-state index in [0.717, 1.165) is 0 Å². The lowest BCUT2D eigenvalue weighted by molar-refractivity contribution is 0.109. The fraction of sp³-hybridized carbons (Fsp3) is 1.00. The van der Waals surface area contributed by atoms with Crippen LogP contribution in [0.3, 0.4) is 0 Å². The summed E-state index contributed by atoms with van der Waals surface area (Å²) in [7, 11) is 0. The van der Waals surface area contributed by atoms with Gasteiger partial charge in [0.2, 0.25) is 0 Å². The van der Waals surface area contributed by atoms with Crippen LogP contribution in [0.2, 0.25) is 0 Å². The number of rotatable bonds is 0. The molecule has 0 aromatic rings. The first-order valence-corrected chi connectivity index (χ1v) is 5.02. The fourth-order valence-corrected chi connectivity index (χ4v) is 0.734. The molecule has 3 saturated heterocycles. The Hall–Kier alpha value is -0.240. The molecule has 3 aliphatic rings. The van der Waals surface area contributed by atoms with Crippen molar-refractivity contribution in [2.24, 2.45) is 0 Å². The van der Waals surface area contributed by atoms with Crippen molar-refractivity contribution in [3.05, 3.63) is 0 Å². The first kappa shape index (κ1) is 4.38. The maximum Gasteiger partial charge on any atom is 0.0591 e. The SMILES string of the molecule is [2H]C1([2H])CNCC([2H])([2H])O1.[2H]C1([2H])COCC([2H])([2H])N1.[2H]C1([2H])NC([2H])([2H])C([2H])([2H])OC1([2H])[2H]. The minimum absolute atomic E-state index is 0.0481. The molecule has 6 nitrogen and oxygen atoms in total. The second-order valence-corrected chi connectivity index (χ2v) is 2.65. The molecule has 0 aromatic heterocycles. The molecule has 3 N–H and O–H groups in total. The highest BCUT2D eigenvalue weighted by molar-refractivity contribution is 4.50. The van der Waals surface area contributed by atoms with Crippen molar-refractivity contribution < 1.29 is 36.1 Å². The molecule has 0 spiro atoms. The zero-order chi connectivity index (χ0) is 27.1. The van der Waals surface area contributed by atoms with Crippen LogP contribution >= 0.6 is 0 Å². The molecular weight excluding hydrogens is 234 g/mol. The van der Waals surface area contributed by atoms with Crippen LogP contribution in [0.15, 0.2) is 0 Å². The quantitative estimate of drug-likeness (QED) is 0.518. The van der Waals surface area contributed by atoms with Crippen molar-refractivity contribution in [3.63, 3.8) is 0 Å². The lowest BCUT2D eigenvalue weighted by Gasteiger charge is -2.10. The van der Waals surface area contributed by atoms with E-state index in [1.54, 1.807) is 5.32 Å². The zero-order valence-electron chi connectivity index (χ0n) is 25.6. The molecule has 0 atom stereocenters. The highest BCUT2D eigenvalue weighted by Crippen LogP contribution is 1.77. The second kappa shape index (κ2) is 13.2. The highest BCUT2D eigenvalue weighted by Gasteiger charge is 1.94. The van der Waals surface area contributed by atoms with E-state index in [0.29, 0.717) is 0 Å². The van der Waals surface area contributed by atoms with E-state index in [4.69, 9.17) is 21.9 Å². The average Bonchev–Trinajstić information content (AvgIpc) is 2.47. The Kier molecular flexibility index (Phi) is 3.21. The summed E-state index contributed by atoms with van der Waals surface area (Å²) in [5.74, 6) is 0. The Morgan fingerprint density at radius 2 is 1.17 bits per heavy atom. The van der Waals surface area contributed by atoms with Gasteiger partial charge < -0.3 is 30.2 Å². The molecule has 0 aromatic carbocycles. The normalized spacial score (nSPS) is 59.6. The van der Waals surface area contributed by atoms with Crippen LogP contribution in [0.4, 0.5) is 0 Å². The number of ether oxygens (including phenoxy) is 3. The van der Waals surface area contributed by atoms with Gasteiger partial charge in [-0.25, -0.2) is 0 Å². The predicted molar refractivity (Wildman–Crippen MR) is 71.1 cm³/mol. The molecule has 0 amide bonds. The van der Waals surface area contributed by atoms with Gasteiger partial charge in [-0.05, 0) is 0 Å². The topological polar surface area (TPSA) is 63.8 Å². The van der Waals surface area contributed by atoms with Crippen LogP contribution in [-0.2, 0) is 14.2 Å². The van der Waals surface area contributed by atoms with Gasteiger partial charge in [-0.15, -0.1) is 0 Å². The summed E-state index contributed by atoms with van der Waals surface area (Å²) < 4.78 is 126. The molecule has 0 saturated carbocycles. The van der Waals surface area contributed by atoms with Crippen molar-refractivity contribution >= 4 is 0 Å². The molecule has 0 unspecified atom stereocenters. The van der Waals surface area contributed by atoms with Crippen LogP contribution in [-0.4, -0.2) is 78.5 Å². The van der Waals surface area contributed by atoms with E-state index in [1.807, 2.05) is 0 Å². The molecule has 3 fully saturated rings. The Morgan fingerprint density at radius 1 is 0.611 bits per heavy atom. The van der Waals surface area contributed by atoms with E-state index in [-0.39, 0.29) is 26.3 Å². The van der Waals surface area contributed by atoms with E-state index < -0.39 is 52.2 Å². The van der Waals surface area contributed by atoms with Gasteiger partial charge in [0.05, 0.1) is 50.4 Å². The second-order valence-electron chi connectivity index (χ2n) is 2.65. The van der Waals surface area contributed by atoms with E-state index in [1.165, 1.54) is 0 Å². The van der Waals surface area contributed by atoms with Gasteiger partial charge in [0.15, 0.2) is 0 Å². The van der Waals surface area contributed by atoms with Crippen LogP contribution in [0, 0.1) is 0 Å². The third kappa shape index (κ3) is 10.9. The molecule has 18 heavy (non-hydrogen) atoms. The van der Waals surface area contributed by atoms with Gasteiger partial charge >= 0.3 is 0 Å². The van der Waals surface area contributed by atoms with Gasteiger partial charge in [0, 0.05) is 50.0 Å². The van der Waals surface area contributed by atoms with Gasteiger partial charge in [0.25, 0.3) is 0 Å². The summed E-state index contributed by atoms with van der Waals surface area (Å²) in [6.07, 6.45) is 0. The maximum atomic E-state index is 7.11. The maximum absolute atomic E-state index is 7.11. The Labute approximate surface area is 132 Å². The number of hydrogen-bond donors (Lipinski definition) is 3. The Morgan fingerprint density at radius 3 is 1.56 bits per heavy atom. The third-order valence-corrected chi connectivity index (χ3v) is 1.39. The molecule has 0 aliphatic carbocycles. The van der Waals surface area contributed by atoms with Gasteiger partial charge in [-0.3, -0.25) is 0 Å². The Bertz CT molecular complexity index is 594. The largest absolute Gasteiger partial charge is 0.379 e. The highest BCUT2D eigenvalue weighted by atomic mass is 16.5. The lowest BCUT2D eigenvalue weighted by Crippen LogP contribution is -2.30. The summed E-state index contributed by atoms with van der Waals surface area (Å²) in [6, 6.07) is 0. The number of hydrogen-bond acceptors (Lipinski definition) is 6. The number of nitrogens with one attached hydrogen (secondary N) is 3. The third-order valence-electron chi connectivity index (χ3n) is 1.39. The minimum Gasteiger partial charge on any atom is -0.379 e. The predicted octanol–water partition coefficient (Wildman–Crippen LogP) is -1.18. The fourth-order valence-electron chi connectivity index (χ4n) is 0.734. The van der Waals surface area contributed by atoms with Crippen molar-refractivity contribution in [1.29, 1.82) is 0 Å². The zero-order valence-corrected chi connectivity index (χ0v) is 9.55. The Balaban J connectivity index is 0.000000261. The molecule has 3 heterocycles. The standard InChI is InChI=1S/3C4H9NO/c3*1-3-6-4-2-5-1/h3*5H,1-4H2/i1D2,2D2,3D2,4D2;3D2,4D2;1D2,2D2. The summed E-state index contributed by atoms with van der Waals surface area (Å²) >= 11 is 0. The summed E-state index contributed by atoms with van der Waals surface area (Å²) in [5.41, 5.74) is 0.